The van der Waals surface area contributed by atoms with Crippen molar-refractivity contribution in [2.24, 2.45) is 0 Å². The van der Waals surface area contributed by atoms with E-state index in [2.05, 4.69) is 4.98 Å². The van der Waals surface area contributed by atoms with Gasteiger partial charge in [0.15, 0.2) is 0 Å². The summed E-state index contributed by atoms with van der Waals surface area (Å²) in [6.45, 7) is 0.0348. The SMILES string of the molecule is O=C(O)CCCn1c(=O)[nH]c2scc(-c3ccc(Cl)c(Cl)c3)c2c1=O. The maximum absolute atomic E-state index is 12.8. The van der Waals surface area contributed by atoms with Gasteiger partial charge >= 0.3 is 11.7 Å². The highest BCUT2D eigenvalue weighted by Crippen LogP contribution is 2.33. The highest BCUT2D eigenvalue weighted by atomic mass is 35.5. The smallest absolute Gasteiger partial charge is 0.329 e. The lowest BCUT2D eigenvalue weighted by Gasteiger charge is -2.06. The van der Waals surface area contributed by atoms with Gasteiger partial charge in [0.05, 0.1) is 15.4 Å². The zero-order valence-electron chi connectivity index (χ0n) is 12.7. The molecule has 6 nitrogen and oxygen atoms in total. The van der Waals surface area contributed by atoms with Crippen molar-refractivity contribution in [3.05, 3.63) is 54.5 Å². The topological polar surface area (TPSA) is 92.2 Å². The molecular formula is C16H12Cl2N2O4S. The van der Waals surface area contributed by atoms with Crippen LogP contribution >= 0.6 is 34.5 Å². The summed E-state index contributed by atoms with van der Waals surface area (Å²) < 4.78 is 1.03. The number of nitrogens with zero attached hydrogens (tertiary/aromatic N) is 1. The lowest BCUT2D eigenvalue weighted by molar-refractivity contribution is -0.137. The van der Waals surface area contributed by atoms with Gasteiger partial charge in [-0.25, -0.2) is 4.79 Å². The van der Waals surface area contributed by atoms with Gasteiger partial charge in [0.25, 0.3) is 5.56 Å². The number of carboxylic acid groups (broad SMARTS) is 1. The molecule has 0 atom stereocenters. The minimum Gasteiger partial charge on any atom is -0.481 e. The molecule has 0 fully saturated rings. The third-order valence-corrected chi connectivity index (χ3v) is 5.35. The maximum Gasteiger partial charge on any atom is 0.329 e. The van der Waals surface area contributed by atoms with Crippen LogP contribution in [0.1, 0.15) is 12.8 Å². The lowest BCUT2D eigenvalue weighted by Crippen LogP contribution is -2.34. The fourth-order valence-electron chi connectivity index (χ4n) is 2.52. The summed E-state index contributed by atoms with van der Waals surface area (Å²) >= 11 is 13.2. The summed E-state index contributed by atoms with van der Waals surface area (Å²) in [6.07, 6.45) is 0.0727. The molecule has 1 aromatic carbocycles. The lowest BCUT2D eigenvalue weighted by atomic mass is 10.1. The Hall–Kier alpha value is -2.09. The van der Waals surface area contributed by atoms with Crippen LogP contribution in [-0.2, 0) is 11.3 Å². The summed E-state index contributed by atoms with van der Waals surface area (Å²) in [6, 6.07) is 5.04. The van der Waals surface area contributed by atoms with E-state index in [-0.39, 0.29) is 19.4 Å². The number of H-pyrrole nitrogens is 1. The van der Waals surface area contributed by atoms with Crippen LogP contribution in [-0.4, -0.2) is 20.6 Å². The van der Waals surface area contributed by atoms with Crippen molar-refractivity contribution in [3.8, 4) is 11.1 Å². The molecule has 2 heterocycles. The van der Waals surface area contributed by atoms with Crippen molar-refractivity contribution in [2.75, 3.05) is 0 Å². The normalized spacial score (nSPS) is 11.1. The minimum atomic E-state index is -0.974. The molecule has 25 heavy (non-hydrogen) atoms. The van der Waals surface area contributed by atoms with E-state index in [1.807, 2.05) is 0 Å². The molecule has 0 spiro atoms. The summed E-state index contributed by atoms with van der Waals surface area (Å²) in [7, 11) is 0. The Balaban J connectivity index is 2.13. The average molecular weight is 399 g/mol. The largest absolute Gasteiger partial charge is 0.481 e. The number of benzene rings is 1. The molecule has 3 rings (SSSR count). The summed E-state index contributed by atoms with van der Waals surface area (Å²) in [4.78, 5) is 38.6. The number of halogens is 2. The molecule has 0 aliphatic carbocycles. The number of carbonyl (C=O) groups is 1. The van der Waals surface area contributed by atoms with Gasteiger partial charge in [-0.2, -0.15) is 0 Å². The van der Waals surface area contributed by atoms with Crippen LogP contribution in [0.4, 0.5) is 0 Å². The van der Waals surface area contributed by atoms with Crippen LogP contribution in [0.5, 0.6) is 0 Å². The van der Waals surface area contributed by atoms with Crippen LogP contribution in [0.15, 0.2) is 33.2 Å². The number of aromatic amines is 1. The van der Waals surface area contributed by atoms with E-state index < -0.39 is 17.2 Å². The number of carboxylic acids is 1. The van der Waals surface area contributed by atoms with Crippen molar-refractivity contribution in [3.63, 3.8) is 0 Å². The second kappa shape index (κ2) is 7.03. The summed E-state index contributed by atoms with van der Waals surface area (Å²) in [5.74, 6) is -0.974. The number of fused-ring (bicyclic) bond motifs is 1. The molecule has 9 heteroatoms. The second-order valence-electron chi connectivity index (χ2n) is 5.37. The van der Waals surface area contributed by atoms with Gasteiger partial charge < -0.3 is 5.11 Å². The van der Waals surface area contributed by atoms with Crippen LogP contribution in [0.25, 0.3) is 21.3 Å². The molecule has 0 amide bonds. The number of rotatable bonds is 5. The zero-order valence-corrected chi connectivity index (χ0v) is 15.0. The minimum absolute atomic E-state index is 0.0348. The van der Waals surface area contributed by atoms with E-state index in [9.17, 15) is 14.4 Å². The van der Waals surface area contributed by atoms with E-state index in [1.54, 1.807) is 23.6 Å². The molecule has 0 aliphatic rings. The van der Waals surface area contributed by atoms with Crippen LogP contribution in [0, 0.1) is 0 Å². The van der Waals surface area contributed by atoms with Crippen molar-refractivity contribution in [1.82, 2.24) is 9.55 Å². The highest BCUT2D eigenvalue weighted by molar-refractivity contribution is 7.17. The molecule has 0 radical (unpaired) electrons. The van der Waals surface area contributed by atoms with Gasteiger partial charge in [-0.1, -0.05) is 29.3 Å². The van der Waals surface area contributed by atoms with Gasteiger partial charge in [0, 0.05) is 23.9 Å². The summed E-state index contributed by atoms with van der Waals surface area (Å²) in [5.41, 5.74) is 0.352. The molecular weight excluding hydrogens is 387 g/mol. The first kappa shape index (κ1) is 17.7. The maximum atomic E-state index is 12.8. The fourth-order valence-corrected chi connectivity index (χ4v) is 3.77. The summed E-state index contributed by atoms with van der Waals surface area (Å²) in [5, 5.41) is 11.6. The number of thiophene rings is 1. The van der Waals surface area contributed by atoms with E-state index in [0.717, 1.165) is 4.57 Å². The molecule has 0 unspecified atom stereocenters. The highest BCUT2D eigenvalue weighted by Gasteiger charge is 2.15. The predicted molar refractivity (Wildman–Crippen MR) is 99.0 cm³/mol. The molecule has 0 saturated heterocycles. The Labute approximate surface area is 155 Å². The number of nitrogens with one attached hydrogen (secondary N) is 1. The van der Waals surface area contributed by atoms with Crippen molar-refractivity contribution >= 4 is 50.7 Å². The number of aromatic nitrogens is 2. The molecule has 2 aromatic heterocycles. The molecule has 0 bridgehead atoms. The Morgan fingerprint density at radius 3 is 2.68 bits per heavy atom. The number of aliphatic carboxylic acids is 1. The zero-order chi connectivity index (χ0) is 18.1. The fraction of sp³-hybridized carbons (Fsp3) is 0.188. The van der Waals surface area contributed by atoms with Gasteiger partial charge in [-0.05, 0) is 24.1 Å². The Bertz CT molecular complexity index is 1080. The molecule has 3 aromatic rings. The molecule has 130 valence electrons. The van der Waals surface area contributed by atoms with Gasteiger partial charge in [0.1, 0.15) is 4.83 Å². The quantitative estimate of drug-likeness (QED) is 0.686. The van der Waals surface area contributed by atoms with Crippen molar-refractivity contribution in [1.29, 1.82) is 0 Å². The number of hydrogen-bond acceptors (Lipinski definition) is 4. The monoisotopic (exact) mass is 398 g/mol. The first-order chi connectivity index (χ1) is 11.9. The van der Waals surface area contributed by atoms with E-state index >= 15 is 0 Å². The van der Waals surface area contributed by atoms with Crippen molar-refractivity contribution < 1.29 is 9.90 Å². The Kier molecular flexibility index (Phi) is 4.99. The molecule has 0 saturated carbocycles. The van der Waals surface area contributed by atoms with Crippen LogP contribution in [0.2, 0.25) is 10.0 Å². The van der Waals surface area contributed by atoms with E-state index in [1.165, 1.54) is 11.3 Å². The standard InChI is InChI=1S/C16H12Cl2N2O4S/c17-10-4-3-8(6-11(10)18)9-7-25-14-13(9)15(23)20(16(24)19-14)5-1-2-12(21)22/h3-4,6-7H,1-2,5H2,(H,19,24)(H,21,22). The Morgan fingerprint density at radius 1 is 1.24 bits per heavy atom. The van der Waals surface area contributed by atoms with E-state index in [0.29, 0.717) is 31.4 Å². The molecule has 2 N–H and O–H groups in total. The van der Waals surface area contributed by atoms with Gasteiger partial charge in [0.2, 0.25) is 0 Å². The van der Waals surface area contributed by atoms with Crippen LogP contribution in [0.3, 0.4) is 0 Å². The number of hydrogen-bond donors (Lipinski definition) is 2. The molecule has 0 aliphatic heterocycles. The van der Waals surface area contributed by atoms with E-state index in [4.69, 9.17) is 28.3 Å². The third kappa shape index (κ3) is 3.49. The van der Waals surface area contributed by atoms with Crippen LogP contribution < -0.4 is 11.2 Å². The predicted octanol–water partition coefficient (Wildman–Crippen LogP) is 3.59. The van der Waals surface area contributed by atoms with Crippen molar-refractivity contribution in [2.45, 2.75) is 19.4 Å². The third-order valence-electron chi connectivity index (χ3n) is 3.72. The van der Waals surface area contributed by atoms with Gasteiger partial charge in [-0.15, -0.1) is 11.3 Å². The first-order valence-electron chi connectivity index (χ1n) is 7.30. The first-order valence-corrected chi connectivity index (χ1v) is 8.93. The average Bonchev–Trinajstić information content (AvgIpc) is 2.96. The van der Waals surface area contributed by atoms with Gasteiger partial charge in [-0.3, -0.25) is 19.1 Å². The Morgan fingerprint density at radius 2 is 2.00 bits per heavy atom. The second-order valence-corrected chi connectivity index (χ2v) is 7.06.